The Morgan fingerprint density at radius 1 is 2.00 bits per heavy atom. The van der Waals surface area contributed by atoms with Crippen LogP contribution in [0.5, 0.6) is 0 Å². The maximum absolute atomic E-state index is 9.80. The minimum atomic E-state index is -0.519. The molecule has 0 fully saturated rings. The fourth-order valence-electron chi connectivity index (χ4n) is 0.236. The molecule has 0 aliphatic heterocycles. The quantitative estimate of drug-likeness (QED) is 0.443. The van der Waals surface area contributed by atoms with Gasteiger partial charge in [0.1, 0.15) is 0 Å². The minimum absolute atomic E-state index is 0.519. The first-order valence-electron chi connectivity index (χ1n) is 1.75. The van der Waals surface area contributed by atoms with Crippen LogP contribution in [-0.2, 0) is 4.79 Å². The first-order valence-corrected chi connectivity index (χ1v) is 1.75. The van der Waals surface area contributed by atoms with Gasteiger partial charge in [0.15, 0.2) is 0 Å². The van der Waals surface area contributed by atoms with Gasteiger partial charge in [0, 0.05) is 5.57 Å². The van der Waals surface area contributed by atoms with Crippen LogP contribution in [0, 0.1) is 0 Å². The van der Waals surface area contributed by atoms with Gasteiger partial charge in [-0.2, -0.15) is 0 Å². The summed E-state index contributed by atoms with van der Waals surface area (Å²) in [6, 6.07) is 0. The molecule has 1 aliphatic rings. The summed E-state index contributed by atoms with van der Waals surface area (Å²) in [6.07, 6.45) is 2.50. The Bertz CT molecular complexity index is 115. The van der Waals surface area contributed by atoms with E-state index in [0.29, 0.717) is 5.57 Å². The number of rotatable bonds is 1. The smallest absolute Gasteiger partial charge is 0.265 e. The van der Waals surface area contributed by atoms with Crippen molar-refractivity contribution in [3.05, 3.63) is 11.6 Å². The lowest BCUT2D eigenvalue weighted by Crippen LogP contribution is -1.91. The summed E-state index contributed by atoms with van der Waals surface area (Å²) in [6.45, 7) is 0. The molecule has 1 amide bonds. The highest BCUT2D eigenvalue weighted by molar-refractivity contribution is 5.95. The van der Waals surface area contributed by atoms with E-state index in [4.69, 9.17) is 5.73 Å². The zero-order valence-corrected chi connectivity index (χ0v) is 3.19. The number of carbonyl (C=O) groups is 1. The highest BCUT2D eigenvalue weighted by atomic mass is 16.1. The van der Waals surface area contributed by atoms with E-state index in [9.17, 15) is 4.79 Å². The van der Waals surface area contributed by atoms with E-state index in [1.165, 1.54) is 0 Å². The lowest BCUT2D eigenvalue weighted by molar-refractivity contribution is -0.114. The van der Waals surface area contributed by atoms with E-state index in [1.54, 1.807) is 6.08 Å². The molecule has 6 heavy (non-hydrogen) atoms. The Hall–Kier alpha value is -0.790. The summed E-state index contributed by atoms with van der Waals surface area (Å²) in [4.78, 5) is 9.80. The second-order valence-corrected chi connectivity index (χ2v) is 1.26. The van der Waals surface area contributed by atoms with Crippen molar-refractivity contribution < 1.29 is 4.79 Å². The second-order valence-electron chi connectivity index (χ2n) is 1.26. The van der Waals surface area contributed by atoms with E-state index in [2.05, 4.69) is 0 Å². The molecule has 0 spiro atoms. The molecule has 0 atom stereocenters. The largest absolute Gasteiger partial charge is 0.268 e. The van der Waals surface area contributed by atoms with Gasteiger partial charge >= 0.3 is 0 Å². The molecule has 0 aromatic heterocycles. The molecule has 0 unspecified atom stereocenters. The van der Waals surface area contributed by atoms with Crippen molar-refractivity contribution in [2.45, 2.75) is 6.42 Å². The van der Waals surface area contributed by atoms with Crippen LogP contribution in [0.25, 0.3) is 0 Å². The van der Waals surface area contributed by atoms with Gasteiger partial charge in [-0.1, -0.05) is 6.08 Å². The molecule has 2 heteroatoms. The normalized spacial score (nSPS) is 16.3. The maximum atomic E-state index is 9.80. The van der Waals surface area contributed by atoms with E-state index in [1.807, 2.05) is 0 Å². The molecule has 1 rings (SSSR count). The topological polar surface area (TPSA) is 40.9 Å². The van der Waals surface area contributed by atoms with Crippen molar-refractivity contribution in [3.8, 4) is 0 Å². The van der Waals surface area contributed by atoms with Gasteiger partial charge < -0.3 is 0 Å². The average Bonchev–Trinajstić information content (AvgIpc) is 2.06. The van der Waals surface area contributed by atoms with E-state index in [0.717, 1.165) is 6.42 Å². The third kappa shape index (κ3) is 0.407. The van der Waals surface area contributed by atoms with Crippen molar-refractivity contribution in [3.63, 3.8) is 0 Å². The Morgan fingerprint density at radius 3 is 2.50 bits per heavy atom. The fraction of sp³-hybridized carbons (Fsp3) is 0.250. The van der Waals surface area contributed by atoms with Crippen LogP contribution in [0.3, 0.4) is 0 Å². The molecule has 0 heterocycles. The predicted molar refractivity (Wildman–Crippen MR) is 20.8 cm³/mol. The molecular formula is C4H4NO. The zero-order chi connectivity index (χ0) is 4.57. The van der Waals surface area contributed by atoms with E-state index in [-0.39, 0.29) is 0 Å². The fourth-order valence-corrected chi connectivity index (χ4v) is 0.236. The van der Waals surface area contributed by atoms with Crippen LogP contribution in [0.4, 0.5) is 0 Å². The number of allylic oxidation sites excluding steroid dienone is 1. The number of hydrogen-bond donors (Lipinski definition) is 0. The number of carbonyl (C=O) groups excluding carboxylic acids is 1. The second kappa shape index (κ2) is 0.834. The standard InChI is InChI=1S/C4H4NO/c5-4(6)3-1-2-3/h1,5H,2H2. The molecule has 0 saturated heterocycles. The third-order valence-corrected chi connectivity index (χ3v) is 0.700. The Labute approximate surface area is 35.6 Å². The van der Waals surface area contributed by atoms with Gasteiger partial charge in [0.25, 0.3) is 5.91 Å². The Balaban J connectivity index is 2.52. The van der Waals surface area contributed by atoms with E-state index < -0.39 is 5.91 Å². The minimum Gasteiger partial charge on any atom is -0.268 e. The highest BCUT2D eigenvalue weighted by Gasteiger charge is 2.12. The lowest BCUT2D eigenvalue weighted by atomic mass is 10.5. The molecule has 0 saturated carbocycles. The summed E-state index contributed by atoms with van der Waals surface area (Å²) >= 11 is 0. The molecule has 1 radical (unpaired) electrons. The summed E-state index contributed by atoms with van der Waals surface area (Å²) in [5.41, 5.74) is 7.05. The van der Waals surface area contributed by atoms with Crippen LogP contribution in [0.2, 0.25) is 0 Å². The lowest BCUT2D eigenvalue weighted by Gasteiger charge is -1.69. The van der Waals surface area contributed by atoms with Gasteiger partial charge in [0.05, 0.1) is 0 Å². The average molecular weight is 82.1 g/mol. The monoisotopic (exact) mass is 82.0 g/mol. The molecule has 31 valence electrons. The summed E-state index contributed by atoms with van der Waals surface area (Å²) < 4.78 is 0. The van der Waals surface area contributed by atoms with Gasteiger partial charge in [-0.15, -0.1) is 0 Å². The van der Waals surface area contributed by atoms with Gasteiger partial charge in [-0.05, 0) is 6.42 Å². The van der Waals surface area contributed by atoms with Crippen molar-refractivity contribution in [2.24, 2.45) is 0 Å². The van der Waals surface area contributed by atoms with Gasteiger partial charge in [-0.3, -0.25) is 10.5 Å². The first-order chi connectivity index (χ1) is 2.80. The SMILES string of the molecule is [NH]C(=O)C1=CC1. The molecule has 2 nitrogen and oxygen atoms in total. The highest BCUT2D eigenvalue weighted by Crippen LogP contribution is 2.16. The third-order valence-electron chi connectivity index (χ3n) is 0.700. The molecule has 1 N–H and O–H groups in total. The zero-order valence-electron chi connectivity index (χ0n) is 3.19. The van der Waals surface area contributed by atoms with Crippen LogP contribution >= 0.6 is 0 Å². The van der Waals surface area contributed by atoms with Crippen molar-refractivity contribution in [1.29, 1.82) is 0 Å². The van der Waals surface area contributed by atoms with Gasteiger partial charge in [-0.25, -0.2) is 0 Å². The molecule has 0 aromatic carbocycles. The number of amides is 1. The van der Waals surface area contributed by atoms with E-state index >= 15 is 0 Å². The maximum Gasteiger partial charge on any atom is 0.265 e. The van der Waals surface area contributed by atoms with Crippen LogP contribution in [0.1, 0.15) is 6.42 Å². The van der Waals surface area contributed by atoms with Gasteiger partial charge in [0.2, 0.25) is 0 Å². The van der Waals surface area contributed by atoms with Crippen molar-refractivity contribution in [2.75, 3.05) is 0 Å². The molecular weight excluding hydrogens is 78.0 g/mol. The molecule has 0 aromatic rings. The Kier molecular flexibility index (Phi) is 0.473. The summed E-state index contributed by atoms with van der Waals surface area (Å²) in [5, 5.41) is 0. The molecule has 0 bridgehead atoms. The summed E-state index contributed by atoms with van der Waals surface area (Å²) in [5.74, 6) is -0.519. The van der Waals surface area contributed by atoms with Crippen LogP contribution in [-0.4, -0.2) is 5.91 Å². The number of nitrogens with one attached hydrogen (secondary N) is 1. The van der Waals surface area contributed by atoms with Crippen LogP contribution in [0.15, 0.2) is 11.6 Å². The van der Waals surface area contributed by atoms with Crippen LogP contribution < -0.4 is 5.73 Å². The Morgan fingerprint density at radius 2 is 2.50 bits per heavy atom. The summed E-state index contributed by atoms with van der Waals surface area (Å²) in [7, 11) is 0. The number of hydrogen-bond acceptors (Lipinski definition) is 1. The van der Waals surface area contributed by atoms with Crippen molar-refractivity contribution >= 4 is 5.91 Å². The van der Waals surface area contributed by atoms with Crippen molar-refractivity contribution in [1.82, 2.24) is 5.73 Å². The molecule has 1 aliphatic carbocycles. The first kappa shape index (κ1) is 3.40. The predicted octanol–water partition coefficient (Wildman–Crippen LogP) is 0.126.